The predicted molar refractivity (Wildman–Crippen MR) is 114 cm³/mol. The van der Waals surface area contributed by atoms with E-state index in [2.05, 4.69) is 20.6 Å². The van der Waals surface area contributed by atoms with Crippen LogP contribution < -0.4 is 10.1 Å². The van der Waals surface area contributed by atoms with E-state index in [1.165, 1.54) is 11.3 Å². The summed E-state index contributed by atoms with van der Waals surface area (Å²) in [5.41, 5.74) is 4.03. The number of nitrogens with zero attached hydrogens (tertiary/aromatic N) is 4. The Kier molecular flexibility index (Phi) is 5.02. The Morgan fingerprint density at radius 2 is 2.00 bits per heavy atom. The van der Waals surface area contributed by atoms with Gasteiger partial charge in [0.1, 0.15) is 10.8 Å². The third-order valence-electron chi connectivity index (χ3n) is 4.77. The van der Waals surface area contributed by atoms with Crippen LogP contribution in [0.1, 0.15) is 34.2 Å². The smallest absolute Gasteiger partial charge is 0.259 e. The maximum Gasteiger partial charge on any atom is 0.259 e. The Balaban J connectivity index is 1.67. The van der Waals surface area contributed by atoms with Crippen LogP contribution in [0.25, 0.3) is 15.5 Å². The summed E-state index contributed by atoms with van der Waals surface area (Å²) in [7, 11) is 1.57. The van der Waals surface area contributed by atoms with E-state index in [0.29, 0.717) is 11.3 Å². The first-order chi connectivity index (χ1) is 14.0. The minimum absolute atomic E-state index is 0.211. The third-order valence-corrected chi connectivity index (χ3v) is 5.71. The minimum atomic E-state index is -0.211. The molecule has 148 valence electrons. The maximum absolute atomic E-state index is 12.9. The average Bonchev–Trinajstić information content (AvgIpc) is 3.30. The molecule has 29 heavy (non-hydrogen) atoms. The molecular formula is C21H21N5O2S. The normalized spacial score (nSPS) is 11.0. The number of hydrogen-bond donors (Lipinski definition) is 1. The minimum Gasteiger partial charge on any atom is -0.496 e. The zero-order valence-electron chi connectivity index (χ0n) is 16.7. The maximum atomic E-state index is 12.9. The van der Waals surface area contributed by atoms with Crippen LogP contribution >= 0.6 is 11.3 Å². The highest BCUT2D eigenvalue weighted by Gasteiger charge is 2.17. The van der Waals surface area contributed by atoms with Gasteiger partial charge in [-0.05, 0) is 37.1 Å². The molecule has 1 amide bonds. The highest BCUT2D eigenvalue weighted by atomic mass is 32.1. The summed E-state index contributed by atoms with van der Waals surface area (Å²) in [5, 5.41) is 16.8. The lowest BCUT2D eigenvalue weighted by atomic mass is 10.1. The van der Waals surface area contributed by atoms with Crippen molar-refractivity contribution in [2.45, 2.75) is 27.2 Å². The molecule has 0 bridgehead atoms. The zero-order valence-corrected chi connectivity index (χ0v) is 17.5. The number of carbonyl (C=O) groups excluding carboxylic acids is 1. The molecular weight excluding hydrogens is 386 g/mol. The lowest BCUT2D eigenvalue weighted by molar-refractivity contribution is 0.102. The van der Waals surface area contributed by atoms with Gasteiger partial charge in [-0.1, -0.05) is 42.5 Å². The van der Waals surface area contributed by atoms with Gasteiger partial charge in [-0.2, -0.15) is 9.61 Å². The van der Waals surface area contributed by atoms with Gasteiger partial charge in [0.05, 0.1) is 12.7 Å². The molecule has 0 atom stereocenters. The number of aryl methyl sites for hydroxylation is 3. The van der Waals surface area contributed by atoms with Crippen LogP contribution in [-0.4, -0.2) is 32.8 Å². The summed E-state index contributed by atoms with van der Waals surface area (Å²) >= 11 is 1.47. The van der Waals surface area contributed by atoms with Crippen molar-refractivity contribution in [2.75, 3.05) is 12.4 Å². The van der Waals surface area contributed by atoms with E-state index in [4.69, 9.17) is 4.74 Å². The first-order valence-electron chi connectivity index (χ1n) is 9.29. The summed E-state index contributed by atoms with van der Waals surface area (Å²) in [5.74, 6) is 1.20. The van der Waals surface area contributed by atoms with Crippen molar-refractivity contribution in [3.63, 3.8) is 0 Å². The van der Waals surface area contributed by atoms with Gasteiger partial charge in [0, 0.05) is 17.7 Å². The Morgan fingerprint density at radius 1 is 1.17 bits per heavy atom. The number of aromatic nitrogens is 4. The van der Waals surface area contributed by atoms with Gasteiger partial charge in [-0.3, -0.25) is 4.79 Å². The molecule has 0 unspecified atom stereocenters. The fourth-order valence-corrected chi connectivity index (χ4v) is 4.03. The second-order valence-electron chi connectivity index (χ2n) is 6.71. The van der Waals surface area contributed by atoms with Crippen LogP contribution in [-0.2, 0) is 6.42 Å². The molecule has 2 heterocycles. The first-order valence-corrected chi connectivity index (χ1v) is 10.1. The van der Waals surface area contributed by atoms with Gasteiger partial charge in [-0.15, -0.1) is 10.2 Å². The number of anilines is 1. The number of amides is 1. The molecule has 4 aromatic rings. The highest BCUT2D eigenvalue weighted by Crippen LogP contribution is 2.30. The van der Waals surface area contributed by atoms with Gasteiger partial charge in [0.15, 0.2) is 5.82 Å². The lowest BCUT2D eigenvalue weighted by Gasteiger charge is -2.13. The molecule has 0 saturated carbocycles. The van der Waals surface area contributed by atoms with Crippen LogP contribution in [0.2, 0.25) is 0 Å². The quantitative estimate of drug-likeness (QED) is 0.534. The van der Waals surface area contributed by atoms with Gasteiger partial charge >= 0.3 is 0 Å². The summed E-state index contributed by atoms with van der Waals surface area (Å²) in [6.45, 7) is 5.90. The fourth-order valence-electron chi connectivity index (χ4n) is 3.18. The number of benzene rings is 2. The Labute approximate surface area is 172 Å². The molecule has 2 aromatic carbocycles. The topological polar surface area (TPSA) is 81.4 Å². The zero-order chi connectivity index (χ0) is 20.5. The van der Waals surface area contributed by atoms with Crippen molar-refractivity contribution < 1.29 is 9.53 Å². The monoisotopic (exact) mass is 407 g/mol. The molecule has 0 fully saturated rings. The van der Waals surface area contributed by atoms with Crippen LogP contribution in [0.3, 0.4) is 0 Å². The molecule has 8 heteroatoms. The molecule has 0 aliphatic rings. The lowest BCUT2D eigenvalue weighted by Crippen LogP contribution is -2.14. The average molecular weight is 407 g/mol. The number of methoxy groups -OCH3 is 1. The molecule has 0 aliphatic heterocycles. The van der Waals surface area contributed by atoms with Crippen molar-refractivity contribution in [3.8, 4) is 16.3 Å². The summed E-state index contributed by atoms with van der Waals surface area (Å²) in [6.07, 6.45) is 0.762. The summed E-state index contributed by atoms with van der Waals surface area (Å²) in [6, 6.07) is 11.4. The van der Waals surface area contributed by atoms with Gasteiger partial charge < -0.3 is 10.1 Å². The largest absolute Gasteiger partial charge is 0.496 e. The number of nitrogens with one attached hydrogen (secondary N) is 1. The van der Waals surface area contributed by atoms with E-state index < -0.39 is 0 Å². The molecule has 0 saturated heterocycles. The Hall–Kier alpha value is -3.26. The SMILES string of the molecule is CCc1nnc2sc(-c3ccc(C)c(NC(=O)c4cccc(C)c4OC)c3)nn12. The van der Waals surface area contributed by atoms with Gasteiger partial charge in [0.2, 0.25) is 4.96 Å². The third kappa shape index (κ3) is 3.47. The van der Waals surface area contributed by atoms with Gasteiger partial charge in [-0.25, -0.2) is 0 Å². The van der Waals surface area contributed by atoms with E-state index in [0.717, 1.165) is 44.6 Å². The van der Waals surface area contributed by atoms with Crippen molar-refractivity contribution in [2.24, 2.45) is 0 Å². The standard InChI is InChI=1S/C21H21N5O2S/c1-5-17-23-24-21-26(17)25-20(29-21)14-10-9-12(2)16(11-14)22-19(27)15-8-6-7-13(3)18(15)28-4/h6-11H,5H2,1-4H3,(H,22,27). The van der Waals surface area contributed by atoms with Crippen molar-refractivity contribution in [1.82, 2.24) is 19.8 Å². The Morgan fingerprint density at radius 3 is 2.76 bits per heavy atom. The van der Waals surface area contributed by atoms with E-state index in [1.807, 2.05) is 51.1 Å². The van der Waals surface area contributed by atoms with E-state index >= 15 is 0 Å². The van der Waals surface area contributed by atoms with Crippen LogP contribution in [0.15, 0.2) is 36.4 Å². The summed E-state index contributed by atoms with van der Waals surface area (Å²) < 4.78 is 7.19. The number of fused-ring (bicyclic) bond motifs is 1. The van der Waals surface area contributed by atoms with E-state index in [9.17, 15) is 4.79 Å². The van der Waals surface area contributed by atoms with Crippen LogP contribution in [0.5, 0.6) is 5.75 Å². The highest BCUT2D eigenvalue weighted by molar-refractivity contribution is 7.19. The fraction of sp³-hybridized carbons (Fsp3) is 0.238. The number of para-hydroxylation sites is 1. The second kappa shape index (κ2) is 7.63. The molecule has 1 N–H and O–H groups in total. The molecule has 0 aliphatic carbocycles. The summed E-state index contributed by atoms with van der Waals surface area (Å²) in [4.78, 5) is 13.7. The molecule has 0 radical (unpaired) electrons. The second-order valence-corrected chi connectivity index (χ2v) is 7.67. The molecule has 0 spiro atoms. The number of rotatable bonds is 5. The van der Waals surface area contributed by atoms with Crippen molar-refractivity contribution in [1.29, 1.82) is 0 Å². The molecule has 2 aromatic heterocycles. The van der Waals surface area contributed by atoms with Crippen molar-refractivity contribution >= 4 is 27.9 Å². The first kappa shape index (κ1) is 19.1. The van der Waals surface area contributed by atoms with Crippen LogP contribution in [0.4, 0.5) is 5.69 Å². The Bertz CT molecular complexity index is 1210. The predicted octanol–water partition coefficient (Wildman–Crippen LogP) is 4.29. The van der Waals surface area contributed by atoms with Crippen LogP contribution in [0, 0.1) is 13.8 Å². The molecule has 7 nitrogen and oxygen atoms in total. The number of carbonyl (C=O) groups is 1. The van der Waals surface area contributed by atoms with E-state index in [-0.39, 0.29) is 5.91 Å². The molecule has 4 rings (SSSR count). The van der Waals surface area contributed by atoms with Crippen molar-refractivity contribution in [3.05, 3.63) is 58.9 Å². The van der Waals surface area contributed by atoms with Gasteiger partial charge in [0.25, 0.3) is 5.91 Å². The number of hydrogen-bond acceptors (Lipinski definition) is 6. The number of ether oxygens (including phenoxy) is 1. The van der Waals surface area contributed by atoms with E-state index in [1.54, 1.807) is 17.7 Å².